The molecule has 0 unspecified atom stereocenters. The van der Waals surface area contributed by atoms with Crippen LogP contribution in [0.1, 0.15) is 23.8 Å². The van der Waals surface area contributed by atoms with Crippen molar-refractivity contribution in [2.24, 2.45) is 5.92 Å². The number of ether oxygens (including phenoxy) is 1. The van der Waals surface area contributed by atoms with Crippen LogP contribution in [-0.2, 0) is 17.6 Å². The molecular weight excluding hydrogens is 438 g/mol. The number of thioether (sulfide) groups is 1. The number of aromatic nitrogens is 2. The molecule has 0 fully saturated rings. The normalized spacial score (nSPS) is 15.3. The molecule has 5 rings (SSSR count). The van der Waals surface area contributed by atoms with Crippen molar-refractivity contribution >= 4 is 44.9 Å². The van der Waals surface area contributed by atoms with Crippen LogP contribution < -0.4 is 10.1 Å². The second-order valence-corrected chi connectivity index (χ2v) is 10.0. The molecule has 0 spiro atoms. The number of fused-ring (bicyclic) bond motifs is 3. The molecule has 0 saturated carbocycles. The smallest absolute Gasteiger partial charge is 0.234 e. The Morgan fingerprint density at radius 2 is 1.97 bits per heavy atom. The molecule has 162 valence electrons. The fourth-order valence-electron chi connectivity index (χ4n) is 3.95. The minimum atomic E-state index is -0.0939. The number of carbonyl (C=O) groups is 1. The first kappa shape index (κ1) is 21.0. The van der Waals surface area contributed by atoms with E-state index >= 15 is 0 Å². The van der Waals surface area contributed by atoms with E-state index in [-0.39, 0.29) is 11.7 Å². The molecule has 0 bridgehead atoms. The van der Waals surface area contributed by atoms with Crippen molar-refractivity contribution in [1.29, 1.82) is 0 Å². The predicted molar refractivity (Wildman–Crippen MR) is 131 cm³/mol. The minimum Gasteiger partial charge on any atom is -0.455 e. The van der Waals surface area contributed by atoms with Crippen molar-refractivity contribution in [2.45, 2.75) is 31.2 Å². The van der Waals surface area contributed by atoms with Gasteiger partial charge in [0.1, 0.15) is 21.9 Å². The van der Waals surface area contributed by atoms with Gasteiger partial charge in [-0.3, -0.25) is 4.79 Å². The van der Waals surface area contributed by atoms with Crippen molar-refractivity contribution in [3.05, 3.63) is 71.4 Å². The van der Waals surface area contributed by atoms with Gasteiger partial charge in [-0.1, -0.05) is 49.0 Å². The van der Waals surface area contributed by atoms with Gasteiger partial charge in [-0.05, 0) is 55.0 Å². The largest absolute Gasteiger partial charge is 0.455 e. The fourth-order valence-corrected chi connectivity index (χ4v) is 6.19. The van der Waals surface area contributed by atoms with E-state index in [4.69, 9.17) is 4.74 Å². The predicted octanol–water partition coefficient (Wildman–Crippen LogP) is 6.34. The summed E-state index contributed by atoms with van der Waals surface area (Å²) in [6.07, 6.45) is 4.97. The van der Waals surface area contributed by atoms with Crippen LogP contribution in [0.2, 0.25) is 0 Å². The Morgan fingerprint density at radius 3 is 2.84 bits per heavy atom. The van der Waals surface area contributed by atoms with Crippen molar-refractivity contribution in [1.82, 2.24) is 9.97 Å². The summed E-state index contributed by atoms with van der Waals surface area (Å²) in [5.41, 5.74) is 2.03. The number of nitrogens with zero attached hydrogens (tertiary/aromatic N) is 2. The molecule has 1 aliphatic carbocycles. The van der Waals surface area contributed by atoms with E-state index in [1.807, 2.05) is 54.6 Å². The second-order valence-electron chi connectivity index (χ2n) is 7.96. The SMILES string of the molecule is C[C@@H]1CCc2c(sc3ncnc(SCC(=O)Nc4ccccc4Oc4ccccc4)c23)C1. The molecule has 1 aliphatic rings. The monoisotopic (exact) mass is 461 g/mol. The lowest BCUT2D eigenvalue weighted by Crippen LogP contribution is -2.14. The van der Waals surface area contributed by atoms with Gasteiger partial charge in [-0.15, -0.1) is 11.3 Å². The Kier molecular flexibility index (Phi) is 6.10. The Bertz CT molecular complexity index is 1260. The highest BCUT2D eigenvalue weighted by molar-refractivity contribution is 8.00. The number of rotatable bonds is 6. The number of benzene rings is 2. The standard InChI is InChI=1S/C25H23N3O2S2/c1-16-11-12-18-21(13-16)32-25-23(18)24(26-15-27-25)31-14-22(29)28-19-9-5-6-10-20(19)30-17-7-3-2-4-8-17/h2-10,15-16H,11-14H2,1H3,(H,28,29)/t16-/m1/s1. The molecular formula is C25H23N3O2S2. The van der Waals surface area contributed by atoms with Crippen molar-refractivity contribution < 1.29 is 9.53 Å². The van der Waals surface area contributed by atoms with E-state index in [0.29, 0.717) is 17.4 Å². The first-order valence-electron chi connectivity index (χ1n) is 10.7. The third-order valence-electron chi connectivity index (χ3n) is 5.53. The van der Waals surface area contributed by atoms with Crippen LogP contribution in [0.15, 0.2) is 66.0 Å². The average Bonchev–Trinajstić information content (AvgIpc) is 3.18. The molecule has 32 heavy (non-hydrogen) atoms. The highest BCUT2D eigenvalue weighted by Gasteiger charge is 2.23. The summed E-state index contributed by atoms with van der Waals surface area (Å²) in [5, 5.41) is 5.02. The zero-order valence-corrected chi connectivity index (χ0v) is 19.3. The van der Waals surface area contributed by atoms with E-state index in [1.165, 1.54) is 28.6 Å². The van der Waals surface area contributed by atoms with Gasteiger partial charge < -0.3 is 10.1 Å². The highest BCUT2D eigenvalue weighted by atomic mass is 32.2. The van der Waals surface area contributed by atoms with E-state index < -0.39 is 0 Å². The number of hydrogen-bond donors (Lipinski definition) is 1. The Balaban J connectivity index is 1.30. The van der Waals surface area contributed by atoms with Crippen LogP contribution in [0.25, 0.3) is 10.2 Å². The Hall–Kier alpha value is -2.90. The summed E-state index contributed by atoms with van der Waals surface area (Å²) in [4.78, 5) is 24.2. The van der Waals surface area contributed by atoms with E-state index in [9.17, 15) is 4.79 Å². The van der Waals surface area contributed by atoms with Gasteiger partial charge in [0.05, 0.1) is 11.4 Å². The van der Waals surface area contributed by atoms with Crippen molar-refractivity contribution in [3.63, 3.8) is 0 Å². The third-order valence-corrected chi connectivity index (χ3v) is 7.68. The summed E-state index contributed by atoms with van der Waals surface area (Å²) in [6.45, 7) is 2.30. The number of nitrogens with one attached hydrogen (secondary N) is 1. The summed E-state index contributed by atoms with van der Waals surface area (Å²) >= 11 is 3.24. The van der Waals surface area contributed by atoms with E-state index in [2.05, 4.69) is 22.2 Å². The van der Waals surface area contributed by atoms with Crippen LogP contribution >= 0.6 is 23.1 Å². The number of thiophene rings is 1. The van der Waals surface area contributed by atoms with Gasteiger partial charge in [0.15, 0.2) is 5.75 Å². The number of aryl methyl sites for hydroxylation is 1. The molecule has 1 atom stereocenters. The summed E-state index contributed by atoms with van der Waals surface area (Å²) in [7, 11) is 0. The maximum Gasteiger partial charge on any atom is 0.234 e. The summed E-state index contributed by atoms with van der Waals surface area (Å²) in [6, 6.07) is 17.0. The lowest BCUT2D eigenvalue weighted by molar-refractivity contribution is -0.113. The lowest BCUT2D eigenvalue weighted by Gasteiger charge is -2.18. The zero-order chi connectivity index (χ0) is 21.9. The van der Waals surface area contributed by atoms with Crippen molar-refractivity contribution in [3.8, 4) is 11.5 Å². The average molecular weight is 462 g/mol. The molecule has 2 aromatic heterocycles. The number of para-hydroxylation sites is 3. The Morgan fingerprint density at radius 1 is 1.16 bits per heavy atom. The number of anilines is 1. The van der Waals surface area contributed by atoms with Gasteiger partial charge in [-0.25, -0.2) is 9.97 Å². The molecule has 7 heteroatoms. The number of hydrogen-bond acceptors (Lipinski definition) is 6. The minimum absolute atomic E-state index is 0.0939. The van der Waals surface area contributed by atoms with E-state index in [0.717, 1.165) is 33.8 Å². The maximum absolute atomic E-state index is 12.8. The van der Waals surface area contributed by atoms with Gasteiger partial charge in [0, 0.05) is 10.3 Å². The molecule has 1 amide bonds. The quantitative estimate of drug-likeness (QED) is 0.268. The molecule has 0 radical (unpaired) electrons. The molecule has 1 N–H and O–H groups in total. The topological polar surface area (TPSA) is 64.1 Å². The van der Waals surface area contributed by atoms with Crippen molar-refractivity contribution in [2.75, 3.05) is 11.1 Å². The van der Waals surface area contributed by atoms with Gasteiger partial charge >= 0.3 is 0 Å². The fraction of sp³-hybridized carbons (Fsp3) is 0.240. The van der Waals surface area contributed by atoms with Crippen LogP contribution in [0.3, 0.4) is 0 Å². The third kappa shape index (κ3) is 4.49. The highest BCUT2D eigenvalue weighted by Crippen LogP contribution is 2.40. The molecule has 0 aliphatic heterocycles. The maximum atomic E-state index is 12.8. The summed E-state index contributed by atoms with van der Waals surface area (Å²) in [5.74, 6) is 2.23. The molecule has 4 aromatic rings. The lowest BCUT2D eigenvalue weighted by atomic mass is 9.89. The van der Waals surface area contributed by atoms with Gasteiger partial charge in [0.2, 0.25) is 5.91 Å². The van der Waals surface area contributed by atoms with Crippen LogP contribution in [-0.4, -0.2) is 21.6 Å². The van der Waals surface area contributed by atoms with E-state index in [1.54, 1.807) is 17.7 Å². The first-order chi connectivity index (χ1) is 15.7. The molecule has 0 saturated heterocycles. The molecule has 2 heterocycles. The summed E-state index contributed by atoms with van der Waals surface area (Å²) < 4.78 is 5.95. The zero-order valence-electron chi connectivity index (χ0n) is 17.7. The molecule has 5 nitrogen and oxygen atoms in total. The van der Waals surface area contributed by atoms with Crippen LogP contribution in [0.5, 0.6) is 11.5 Å². The van der Waals surface area contributed by atoms with Crippen LogP contribution in [0, 0.1) is 5.92 Å². The molecule has 2 aromatic carbocycles. The van der Waals surface area contributed by atoms with Gasteiger partial charge in [-0.2, -0.15) is 0 Å². The number of amides is 1. The Labute approximate surface area is 195 Å². The first-order valence-corrected chi connectivity index (χ1v) is 12.5. The number of carbonyl (C=O) groups excluding carboxylic acids is 1. The van der Waals surface area contributed by atoms with Crippen LogP contribution in [0.4, 0.5) is 5.69 Å². The second kappa shape index (κ2) is 9.30. The van der Waals surface area contributed by atoms with Gasteiger partial charge in [0.25, 0.3) is 0 Å².